The zero-order valence-corrected chi connectivity index (χ0v) is 10.9. The van der Waals surface area contributed by atoms with Gasteiger partial charge >= 0.3 is 0 Å². The van der Waals surface area contributed by atoms with Crippen LogP contribution in [0.1, 0.15) is 10.4 Å². The molecule has 2 N–H and O–H groups in total. The fourth-order valence-electron chi connectivity index (χ4n) is 1.90. The van der Waals surface area contributed by atoms with Gasteiger partial charge in [-0.2, -0.15) is 0 Å². The number of aromatic amines is 1. The minimum absolute atomic E-state index is 0.131. The van der Waals surface area contributed by atoms with Crippen molar-refractivity contribution >= 4 is 16.7 Å². The van der Waals surface area contributed by atoms with E-state index in [1.54, 1.807) is 6.20 Å². The van der Waals surface area contributed by atoms with Gasteiger partial charge in [0.15, 0.2) is 5.78 Å². The minimum Gasteiger partial charge on any atom is -0.360 e. The standard InChI is InChI=1S/C14H19N3O/c1-17(2)8-7-15-10-14(18)12-9-16-13-6-4-3-5-11(12)13/h3-6,9,15-16H,7-8,10H2,1-2H3. The van der Waals surface area contributed by atoms with Gasteiger partial charge in [0.05, 0.1) is 6.54 Å². The number of carbonyl (C=O) groups is 1. The van der Waals surface area contributed by atoms with Crippen LogP contribution in [0, 0.1) is 0 Å². The average Bonchev–Trinajstić information content (AvgIpc) is 2.78. The van der Waals surface area contributed by atoms with Crippen molar-refractivity contribution in [3.05, 3.63) is 36.0 Å². The Balaban J connectivity index is 1.97. The van der Waals surface area contributed by atoms with Crippen LogP contribution >= 0.6 is 0 Å². The van der Waals surface area contributed by atoms with Gasteiger partial charge in [-0.25, -0.2) is 0 Å². The molecule has 0 saturated carbocycles. The molecule has 0 spiro atoms. The predicted octanol–water partition coefficient (Wildman–Crippen LogP) is 1.50. The van der Waals surface area contributed by atoms with Gasteiger partial charge in [-0.1, -0.05) is 18.2 Å². The Morgan fingerprint density at radius 2 is 2.11 bits per heavy atom. The van der Waals surface area contributed by atoms with Crippen molar-refractivity contribution < 1.29 is 4.79 Å². The van der Waals surface area contributed by atoms with Crippen LogP contribution in [0.5, 0.6) is 0 Å². The van der Waals surface area contributed by atoms with Crippen LogP contribution in [0.4, 0.5) is 0 Å². The molecule has 1 aromatic heterocycles. The molecule has 96 valence electrons. The maximum Gasteiger partial charge on any atom is 0.178 e. The predicted molar refractivity (Wildman–Crippen MR) is 74.1 cm³/mol. The number of rotatable bonds is 6. The molecule has 0 atom stereocenters. The van der Waals surface area contributed by atoms with Crippen LogP contribution in [0.3, 0.4) is 0 Å². The molecule has 0 aliphatic rings. The third kappa shape index (κ3) is 2.97. The number of hydrogen-bond donors (Lipinski definition) is 2. The second-order valence-corrected chi connectivity index (χ2v) is 4.65. The summed E-state index contributed by atoms with van der Waals surface area (Å²) in [6, 6.07) is 7.86. The highest BCUT2D eigenvalue weighted by molar-refractivity contribution is 6.08. The van der Waals surface area contributed by atoms with Crippen molar-refractivity contribution in [1.82, 2.24) is 15.2 Å². The van der Waals surface area contributed by atoms with E-state index in [0.717, 1.165) is 29.6 Å². The molecule has 2 rings (SSSR count). The van der Waals surface area contributed by atoms with Crippen molar-refractivity contribution in [2.24, 2.45) is 0 Å². The Morgan fingerprint density at radius 1 is 1.33 bits per heavy atom. The highest BCUT2D eigenvalue weighted by atomic mass is 16.1. The van der Waals surface area contributed by atoms with Crippen LogP contribution in [0.2, 0.25) is 0 Å². The number of aromatic nitrogens is 1. The van der Waals surface area contributed by atoms with Gasteiger partial charge in [-0.15, -0.1) is 0 Å². The molecule has 0 amide bonds. The van der Waals surface area contributed by atoms with E-state index < -0.39 is 0 Å². The first-order chi connectivity index (χ1) is 8.68. The number of benzene rings is 1. The van der Waals surface area contributed by atoms with E-state index in [1.807, 2.05) is 38.4 Å². The number of hydrogen-bond acceptors (Lipinski definition) is 3. The maximum absolute atomic E-state index is 12.1. The zero-order valence-electron chi connectivity index (χ0n) is 10.9. The molecule has 1 aromatic carbocycles. The number of nitrogens with one attached hydrogen (secondary N) is 2. The Kier molecular flexibility index (Phi) is 4.12. The van der Waals surface area contributed by atoms with Gasteiger partial charge in [0.25, 0.3) is 0 Å². The van der Waals surface area contributed by atoms with Gasteiger partial charge in [0, 0.05) is 35.8 Å². The number of para-hydroxylation sites is 1. The molecule has 0 saturated heterocycles. The molecular weight excluding hydrogens is 226 g/mol. The van der Waals surface area contributed by atoms with Gasteiger partial charge in [-0.3, -0.25) is 4.79 Å². The second kappa shape index (κ2) is 5.80. The van der Waals surface area contributed by atoms with E-state index in [2.05, 4.69) is 15.2 Å². The normalized spacial score (nSPS) is 11.3. The number of fused-ring (bicyclic) bond motifs is 1. The highest BCUT2D eigenvalue weighted by Crippen LogP contribution is 2.17. The Labute approximate surface area is 107 Å². The summed E-state index contributed by atoms with van der Waals surface area (Å²) in [5.74, 6) is 0.131. The van der Waals surface area contributed by atoms with E-state index in [4.69, 9.17) is 0 Å². The number of Topliss-reactive ketones (excluding diaryl/α,β-unsaturated/α-hetero) is 1. The Hall–Kier alpha value is -1.65. The van der Waals surface area contributed by atoms with Crippen LogP contribution in [-0.2, 0) is 0 Å². The molecule has 1 heterocycles. The molecule has 4 nitrogen and oxygen atoms in total. The summed E-state index contributed by atoms with van der Waals surface area (Å²) in [6.45, 7) is 2.14. The fraction of sp³-hybridized carbons (Fsp3) is 0.357. The average molecular weight is 245 g/mol. The lowest BCUT2D eigenvalue weighted by molar-refractivity contribution is 0.0992. The first kappa shape index (κ1) is 12.8. The van der Waals surface area contributed by atoms with Crippen molar-refractivity contribution in [1.29, 1.82) is 0 Å². The molecule has 2 aromatic rings. The largest absolute Gasteiger partial charge is 0.360 e. The van der Waals surface area contributed by atoms with Crippen LogP contribution in [0.15, 0.2) is 30.5 Å². The lowest BCUT2D eigenvalue weighted by Crippen LogP contribution is -2.30. The van der Waals surface area contributed by atoms with Crippen LogP contribution in [0.25, 0.3) is 10.9 Å². The summed E-state index contributed by atoms with van der Waals surface area (Å²) in [5, 5.41) is 4.16. The number of ketones is 1. The molecular formula is C14H19N3O. The molecule has 0 unspecified atom stereocenters. The van der Waals surface area contributed by atoms with Crippen LogP contribution in [-0.4, -0.2) is 49.4 Å². The van der Waals surface area contributed by atoms with Gasteiger partial charge in [0.1, 0.15) is 0 Å². The lowest BCUT2D eigenvalue weighted by Gasteiger charge is -2.09. The van der Waals surface area contributed by atoms with E-state index in [0.29, 0.717) is 6.54 Å². The molecule has 0 bridgehead atoms. The first-order valence-electron chi connectivity index (χ1n) is 6.13. The number of nitrogens with zero attached hydrogens (tertiary/aromatic N) is 1. The number of likely N-dealkylation sites (N-methyl/N-ethyl adjacent to an activating group) is 1. The summed E-state index contributed by atoms with van der Waals surface area (Å²) in [5.41, 5.74) is 1.78. The number of H-pyrrole nitrogens is 1. The molecule has 0 fully saturated rings. The van der Waals surface area contributed by atoms with Gasteiger partial charge < -0.3 is 15.2 Å². The summed E-state index contributed by atoms with van der Waals surface area (Å²) < 4.78 is 0. The third-order valence-electron chi connectivity index (χ3n) is 2.91. The van der Waals surface area contributed by atoms with Gasteiger partial charge in [-0.05, 0) is 20.2 Å². The minimum atomic E-state index is 0.131. The first-order valence-corrected chi connectivity index (χ1v) is 6.13. The van der Waals surface area contributed by atoms with Crippen molar-refractivity contribution in [3.63, 3.8) is 0 Å². The number of carbonyl (C=O) groups excluding carboxylic acids is 1. The Morgan fingerprint density at radius 3 is 2.89 bits per heavy atom. The van der Waals surface area contributed by atoms with E-state index in [9.17, 15) is 4.79 Å². The summed E-state index contributed by atoms with van der Waals surface area (Å²) in [7, 11) is 4.03. The molecule has 0 aliphatic carbocycles. The van der Waals surface area contributed by atoms with Gasteiger partial charge in [0.2, 0.25) is 0 Å². The zero-order chi connectivity index (χ0) is 13.0. The second-order valence-electron chi connectivity index (χ2n) is 4.65. The SMILES string of the molecule is CN(C)CCNCC(=O)c1c[nH]c2ccccc12. The highest BCUT2D eigenvalue weighted by Gasteiger charge is 2.10. The fourth-order valence-corrected chi connectivity index (χ4v) is 1.90. The maximum atomic E-state index is 12.1. The summed E-state index contributed by atoms with van der Waals surface area (Å²) in [4.78, 5) is 17.3. The van der Waals surface area contributed by atoms with E-state index in [-0.39, 0.29) is 5.78 Å². The molecule has 18 heavy (non-hydrogen) atoms. The third-order valence-corrected chi connectivity index (χ3v) is 2.91. The van der Waals surface area contributed by atoms with Crippen molar-refractivity contribution in [2.75, 3.05) is 33.7 Å². The van der Waals surface area contributed by atoms with Crippen LogP contribution < -0.4 is 5.32 Å². The molecule has 0 radical (unpaired) electrons. The summed E-state index contributed by atoms with van der Waals surface area (Å²) >= 11 is 0. The Bertz CT molecular complexity index is 531. The smallest absolute Gasteiger partial charge is 0.178 e. The monoisotopic (exact) mass is 245 g/mol. The lowest BCUT2D eigenvalue weighted by atomic mass is 10.1. The topological polar surface area (TPSA) is 48.1 Å². The quantitative estimate of drug-likeness (QED) is 0.599. The summed E-state index contributed by atoms with van der Waals surface area (Å²) in [6.07, 6.45) is 1.79. The molecule has 0 aliphatic heterocycles. The van der Waals surface area contributed by atoms with E-state index >= 15 is 0 Å². The molecule has 4 heteroatoms. The van der Waals surface area contributed by atoms with Crippen molar-refractivity contribution in [3.8, 4) is 0 Å². The van der Waals surface area contributed by atoms with Crippen molar-refractivity contribution in [2.45, 2.75) is 0 Å². The van der Waals surface area contributed by atoms with E-state index in [1.165, 1.54) is 0 Å².